The minimum Gasteiger partial charge on any atom is -0.497 e. The summed E-state index contributed by atoms with van der Waals surface area (Å²) in [5.74, 6) is 1.82. The normalized spacial score (nSPS) is 10.6. The topological polar surface area (TPSA) is 73.6 Å². The van der Waals surface area contributed by atoms with Crippen LogP contribution < -0.4 is 14.8 Å². The quantitative estimate of drug-likeness (QED) is 0.536. The summed E-state index contributed by atoms with van der Waals surface area (Å²) in [6.45, 7) is 0.336. The van der Waals surface area contributed by atoms with Gasteiger partial charge in [-0.3, -0.25) is 4.79 Å². The van der Waals surface area contributed by atoms with Gasteiger partial charge < -0.3 is 19.2 Å². The number of carbonyl (C=O) groups is 1. The van der Waals surface area contributed by atoms with Gasteiger partial charge in [-0.05, 0) is 29.8 Å². The molecule has 2 heterocycles. The molecule has 0 aliphatic carbocycles. The van der Waals surface area contributed by atoms with E-state index in [0.717, 1.165) is 10.9 Å². The zero-order chi connectivity index (χ0) is 19.3. The maximum Gasteiger partial charge on any atom is 0.287 e. The number of para-hydroxylation sites is 1. The third kappa shape index (κ3) is 3.96. The molecule has 2 aromatic carbocycles. The van der Waals surface area contributed by atoms with Gasteiger partial charge in [0.2, 0.25) is 5.88 Å². The minimum absolute atomic E-state index is 0.270. The third-order valence-corrected chi connectivity index (χ3v) is 4.16. The number of nitrogens with one attached hydrogen (secondary N) is 1. The number of ether oxygens (including phenoxy) is 2. The summed E-state index contributed by atoms with van der Waals surface area (Å²) in [5, 5.41) is 3.73. The number of furan rings is 1. The molecule has 4 rings (SSSR count). The van der Waals surface area contributed by atoms with Crippen molar-refractivity contribution in [2.45, 2.75) is 6.54 Å². The largest absolute Gasteiger partial charge is 0.497 e. The lowest BCUT2D eigenvalue weighted by Crippen LogP contribution is -2.22. The van der Waals surface area contributed by atoms with Crippen LogP contribution in [0.25, 0.3) is 11.0 Å². The molecular formula is C22H18N2O4. The molecule has 0 spiro atoms. The van der Waals surface area contributed by atoms with Gasteiger partial charge in [-0.25, -0.2) is 4.98 Å². The van der Waals surface area contributed by atoms with Gasteiger partial charge in [-0.15, -0.1) is 0 Å². The molecule has 0 fully saturated rings. The summed E-state index contributed by atoms with van der Waals surface area (Å²) in [4.78, 5) is 16.6. The van der Waals surface area contributed by atoms with Crippen molar-refractivity contribution in [3.63, 3.8) is 0 Å². The third-order valence-electron chi connectivity index (χ3n) is 4.16. The SMILES string of the molecule is COc1cccc(Oc2ccc(CNC(=O)c3cc4ccccc4o3)cn2)c1. The van der Waals surface area contributed by atoms with E-state index in [-0.39, 0.29) is 11.7 Å². The molecule has 2 aromatic heterocycles. The fraction of sp³-hybridized carbons (Fsp3) is 0.0909. The molecule has 0 radical (unpaired) electrons. The van der Waals surface area contributed by atoms with Gasteiger partial charge in [-0.1, -0.05) is 30.3 Å². The maximum absolute atomic E-state index is 12.3. The van der Waals surface area contributed by atoms with Crippen LogP contribution in [-0.2, 0) is 6.54 Å². The van der Waals surface area contributed by atoms with Gasteiger partial charge in [0.05, 0.1) is 7.11 Å². The number of carbonyl (C=O) groups excluding carboxylic acids is 1. The van der Waals surface area contributed by atoms with Crippen molar-refractivity contribution < 1.29 is 18.7 Å². The number of amides is 1. The second-order valence-corrected chi connectivity index (χ2v) is 6.12. The summed E-state index contributed by atoms with van der Waals surface area (Å²) in [7, 11) is 1.60. The molecule has 0 unspecified atom stereocenters. The lowest BCUT2D eigenvalue weighted by molar-refractivity contribution is 0.0925. The molecule has 0 aliphatic rings. The number of fused-ring (bicyclic) bond motifs is 1. The molecule has 0 saturated heterocycles. The van der Waals surface area contributed by atoms with Gasteiger partial charge in [0.25, 0.3) is 5.91 Å². The average molecular weight is 374 g/mol. The van der Waals surface area contributed by atoms with Crippen molar-refractivity contribution in [3.8, 4) is 17.4 Å². The van der Waals surface area contributed by atoms with Gasteiger partial charge in [-0.2, -0.15) is 0 Å². The number of rotatable bonds is 6. The van der Waals surface area contributed by atoms with Gasteiger partial charge in [0, 0.05) is 30.3 Å². The van der Waals surface area contributed by atoms with Crippen molar-refractivity contribution in [3.05, 3.63) is 84.3 Å². The Balaban J connectivity index is 1.36. The first-order chi connectivity index (χ1) is 13.7. The summed E-state index contributed by atoms with van der Waals surface area (Å²) < 4.78 is 16.4. The fourth-order valence-electron chi connectivity index (χ4n) is 2.72. The number of hydrogen-bond acceptors (Lipinski definition) is 5. The molecule has 140 valence electrons. The van der Waals surface area contributed by atoms with Crippen LogP contribution in [0.1, 0.15) is 16.1 Å². The van der Waals surface area contributed by atoms with Gasteiger partial charge in [0.15, 0.2) is 5.76 Å². The van der Waals surface area contributed by atoms with E-state index in [4.69, 9.17) is 13.9 Å². The zero-order valence-electron chi connectivity index (χ0n) is 15.2. The van der Waals surface area contributed by atoms with E-state index < -0.39 is 0 Å². The Labute approximate surface area is 161 Å². The van der Waals surface area contributed by atoms with Crippen molar-refractivity contribution in [2.24, 2.45) is 0 Å². The Bertz CT molecular complexity index is 1070. The fourth-order valence-corrected chi connectivity index (χ4v) is 2.72. The highest BCUT2D eigenvalue weighted by Gasteiger charge is 2.11. The minimum atomic E-state index is -0.270. The number of hydrogen-bond donors (Lipinski definition) is 1. The molecule has 6 heteroatoms. The molecule has 28 heavy (non-hydrogen) atoms. The highest BCUT2D eigenvalue weighted by molar-refractivity contribution is 5.96. The van der Waals surface area contributed by atoms with E-state index in [2.05, 4.69) is 10.3 Å². The Morgan fingerprint density at radius 3 is 2.68 bits per heavy atom. The molecule has 0 bridgehead atoms. The first-order valence-electron chi connectivity index (χ1n) is 8.75. The molecule has 4 aromatic rings. The number of methoxy groups -OCH3 is 1. The van der Waals surface area contributed by atoms with Crippen LogP contribution in [0, 0.1) is 0 Å². The van der Waals surface area contributed by atoms with Crippen LogP contribution in [0.3, 0.4) is 0 Å². The Kier molecular flexibility index (Phi) is 4.93. The molecule has 1 N–H and O–H groups in total. The summed E-state index contributed by atoms with van der Waals surface area (Å²) >= 11 is 0. The highest BCUT2D eigenvalue weighted by Crippen LogP contribution is 2.24. The van der Waals surface area contributed by atoms with Crippen LogP contribution in [0.15, 0.2) is 77.3 Å². The van der Waals surface area contributed by atoms with E-state index in [1.54, 1.807) is 31.5 Å². The number of pyridine rings is 1. The number of benzene rings is 2. The maximum atomic E-state index is 12.3. The first-order valence-corrected chi connectivity index (χ1v) is 8.75. The number of aromatic nitrogens is 1. The molecule has 6 nitrogen and oxygen atoms in total. The Morgan fingerprint density at radius 2 is 1.89 bits per heavy atom. The monoisotopic (exact) mass is 374 g/mol. The molecule has 0 atom stereocenters. The lowest BCUT2D eigenvalue weighted by Gasteiger charge is -2.07. The Hall–Kier alpha value is -3.80. The highest BCUT2D eigenvalue weighted by atomic mass is 16.5. The van der Waals surface area contributed by atoms with Crippen LogP contribution in [0.2, 0.25) is 0 Å². The number of nitrogens with zero attached hydrogens (tertiary/aromatic N) is 1. The molecule has 1 amide bonds. The summed E-state index contributed by atoms with van der Waals surface area (Å²) in [5.41, 5.74) is 1.54. The second-order valence-electron chi connectivity index (χ2n) is 6.12. The standard InChI is InChI=1S/C22H18N2O4/c1-26-17-6-4-7-18(12-17)27-21-10-9-15(13-23-21)14-24-22(25)20-11-16-5-2-3-8-19(16)28-20/h2-13H,14H2,1H3,(H,24,25). The van der Waals surface area contributed by atoms with E-state index in [0.29, 0.717) is 29.5 Å². The van der Waals surface area contributed by atoms with E-state index in [1.165, 1.54) is 0 Å². The smallest absolute Gasteiger partial charge is 0.287 e. The zero-order valence-corrected chi connectivity index (χ0v) is 15.2. The molecule has 0 aliphatic heterocycles. The van der Waals surface area contributed by atoms with Crippen LogP contribution in [0.4, 0.5) is 0 Å². The van der Waals surface area contributed by atoms with E-state index in [1.807, 2.05) is 48.5 Å². The predicted molar refractivity (Wildman–Crippen MR) is 105 cm³/mol. The molecule has 0 saturated carbocycles. The first kappa shape index (κ1) is 17.6. The van der Waals surface area contributed by atoms with E-state index in [9.17, 15) is 4.79 Å². The van der Waals surface area contributed by atoms with Gasteiger partial charge >= 0.3 is 0 Å². The summed E-state index contributed by atoms with van der Waals surface area (Å²) in [6, 6.07) is 20.1. The predicted octanol–water partition coefficient (Wildman–Crippen LogP) is 4.56. The lowest BCUT2D eigenvalue weighted by atomic mass is 10.2. The van der Waals surface area contributed by atoms with Crippen molar-refractivity contribution in [1.82, 2.24) is 10.3 Å². The average Bonchev–Trinajstić information content (AvgIpc) is 3.17. The van der Waals surface area contributed by atoms with Gasteiger partial charge in [0.1, 0.15) is 17.1 Å². The van der Waals surface area contributed by atoms with E-state index >= 15 is 0 Å². The van der Waals surface area contributed by atoms with Crippen molar-refractivity contribution >= 4 is 16.9 Å². The van der Waals surface area contributed by atoms with Crippen LogP contribution in [0.5, 0.6) is 17.4 Å². The van der Waals surface area contributed by atoms with Crippen LogP contribution in [-0.4, -0.2) is 18.0 Å². The summed E-state index contributed by atoms with van der Waals surface area (Å²) in [6.07, 6.45) is 1.66. The second kappa shape index (κ2) is 7.84. The molecular weight excluding hydrogens is 356 g/mol. The van der Waals surface area contributed by atoms with Crippen molar-refractivity contribution in [2.75, 3.05) is 7.11 Å². The van der Waals surface area contributed by atoms with Crippen LogP contribution >= 0.6 is 0 Å². The van der Waals surface area contributed by atoms with Crippen molar-refractivity contribution in [1.29, 1.82) is 0 Å². The Morgan fingerprint density at radius 1 is 1.04 bits per heavy atom.